The summed E-state index contributed by atoms with van der Waals surface area (Å²) in [6.45, 7) is 4.23. The molecular weight excluding hydrogens is 799 g/mol. The first-order valence-electron chi connectivity index (χ1n) is 30.0. The average Bonchev–Trinajstić information content (AvgIpc) is 3.31. The average molecular weight is 919 g/mol. The molecule has 4 N–H and O–H groups in total. The monoisotopic (exact) mass is 918 g/mol. The molecule has 388 valence electrons. The van der Waals surface area contributed by atoms with E-state index in [-0.39, 0.29) is 12.5 Å². The number of nitrogens with one attached hydrogen (secondary N) is 1. The van der Waals surface area contributed by atoms with Gasteiger partial charge in [-0.1, -0.05) is 309 Å². The van der Waals surface area contributed by atoms with E-state index in [1.165, 1.54) is 283 Å². The van der Waals surface area contributed by atoms with Crippen LogP contribution in [0.5, 0.6) is 0 Å². The number of unbranched alkanes of at least 4 members (excludes halogenated alkanes) is 46. The first kappa shape index (κ1) is 64.1. The van der Waals surface area contributed by atoms with Gasteiger partial charge in [0, 0.05) is 6.42 Å². The van der Waals surface area contributed by atoms with Gasteiger partial charge in [0.25, 0.3) is 0 Å². The Morgan fingerprint density at radius 1 is 0.369 bits per heavy atom. The van der Waals surface area contributed by atoms with Crippen LogP contribution in [0.3, 0.4) is 0 Å². The molecule has 3 atom stereocenters. The summed E-state index contributed by atoms with van der Waals surface area (Å²) in [5.74, 6) is -0.138. The second-order valence-corrected chi connectivity index (χ2v) is 20.9. The lowest BCUT2D eigenvalue weighted by molar-refractivity contribution is -0.124. The zero-order valence-electron chi connectivity index (χ0n) is 44.4. The van der Waals surface area contributed by atoms with Gasteiger partial charge in [0.1, 0.15) is 6.10 Å². The maximum absolute atomic E-state index is 12.5. The van der Waals surface area contributed by atoms with E-state index in [1.807, 2.05) is 0 Å². The van der Waals surface area contributed by atoms with Crippen LogP contribution in [0.25, 0.3) is 0 Å². The van der Waals surface area contributed by atoms with Crippen LogP contribution in [0.15, 0.2) is 12.2 Å². The molecule has 0 aliphatic carbocycles. The van der Waals surface area contributed by atoms with Gasteiger partial charge in [-0.05, 0) is 38.5 Å². The second kappa shape index (κ2) is 55.7. The zero-order chi connectivity index (χ0) is 47.2. The normalized spacial score (nSPS) is 13.2. The third-order valence-electron chi connectivity index (χ3n) is 14.4. The van der Waals surface area contributed by atoms with Gasteiger partial charge in [0.05, 0.1) is 18.8 Å². The molecule has 0 aromatic heterocycles. The van der Waals surface area contributed by atoms with Gasteiger partial charge in [-0.15, -0.1) is 0 Å². The minimum absolute atomic E-state index is 0.138. The van der Waals surface area contributed by atoms with Crippen LogP contribution in [0.1, 0.15) is 341 Å². The topological polar surface area (TPSA) is 89.8 Å². The Labute approximate surface area is 408 Å². The highest BCUT2D eigenvalue weighted by molar-refractivity contribution is 5.76. The standard InChI is InChI=1S/C60H119NO4/c1-3-5-7-9-11-13-15-17-19-21-23-25-26-27-28-29-30-31-32-33-35-37-39-41-43-45-47-49-51-53-55-59(64)61-57(56-62)60(65)58(63)54-52-50-48-46-44-42-40-38-36-34-24-22-20-18-16-14-12-10-8-6-4-2/h27-28,57-58,60,62-63,65H,3-26,29-56H2,1-2H3,(H,61,64)/b28-27-. The highest BCUT2D eigenvalue weighted by Crippen LogP contribution is 2.18. The van der Waals surface area contributed by atoms with Gasteiger partial charge in [0.15, 0.2) is 0 Å². The molecule has 5 nitrogen and oxygen atoms in total. The maximum atomic E-state index is 12.5. The molecule has 0 radical (unpaired) electrons. The summed E-state index contributed by atoms with van der Waals surface area (Å²) in [4.78, 5) is 12.5. The van der Waals surface area contributed by atoms with Crippen molar-refractivity contribution in [3.63, 3.8) is 0 Å². The number of amides is 1. The third kappa shape index (κ3) is 50.8. The van der Waals surface area contributed by atoms with Crippen molar-refractivity contribution in [2.24, 2.45) is 0 Å². The zero-order valence-corrected chi connectivity index (χ0v) is 44.4. The minimum Gasteiger partial charge on any atom is -0.394 e. The summed E-state index contributed by atoms with van der Waals surface area (Å²) in [6, 6.07) is -0.807. The van der Waals surface area contributed by atoms with Crippen LogP contribution < -0.4 is 5.32 Å². The molecule has 5 heteroatoms. The van der Waals surface area contributed by atoms with Gasteiger partial charge in [0.2, 0.25) is 5.91 Å². The van der Waals surface area contributed by atoms with Gasteiger partial charge >= 0.3 is 0 Å². The van der Waals surface area contributed by atoms with Crippen LogP contribution in [0.4, 0.5) is 0 Å². The molecule has 0 spiro atoms. The van der Waals surface area contributed by atoms with Gasteiger partial charge in [-0.2, -0.15) is 0 Å². The second-order valence-electron chi connectivity index (χ2n) is 20.9. The number of aliphatic hydroxyl groups is 3. The smallest absolute Gasteiger partial charge is 0.220 e. The summed E-state index contributed by atoms with van der Waals surface area (Å²) in [7, 11) is 0. The molecule has 0 aliphatic rings. The van der Waals surface area contributed by atoms with Crippen molar-refractivity contribution >= 4 is 5.91 Å². The molecule has 0 aromatic carbocycles. The number of hydrogen-bond acceptors (Lipinski definition) is 4. The first-order chi connectivity index (χ1) is 32.1. The number of aliphatic hydroxyl groups excluding tert-OH is 3. The van der Waals surface area contributed by atoms with E-state index in [0.717, 1.165) is 32.1 Å². The first-order valence-corrected chi connectivity index (χ1v) is 30.0. The van der Waals surface area contributed by atoms with Gasteiger partial charge in [-0.3, -0.25) is 4.79 Å². The fraction of sp³-hybridized carbons (Fsp3) is 0.950. The van der Waals surface area contributed by atoms with Gasteiger partial charge < -0.3 is 20.6 Å². The van der Waals surface area contributed by atoms with Crippen molar-refractivity contribution in [2.45, 2.75) is 360 Å². The Morgan fingerprint density at radius 3 is 0.892 bits per heavy atom. The quantitative estimate of drug-likeness (QED) is 0.0361. The summed E-state index contributed by atoms with van der Waals surface area (Å²) in [6.07, 6.45) is 69.5. The molecule has 3 unspecified atom stereocenters. The predicted molar refractivity (Wildman–Crippen MR) is 287 cm³/mol. The highest BCUT2D eigenvalue weighted by Gasteiger charge is 2.26. The third-order valence-corrected chi connectivity index (χ3v) is 14.4. The molecule has 0 heterocycles. The van der Waals surface area contributed by atoms with Crippen LogP contribution in [0.2, 0.25) is 0 Å². The number of carbonyl (C=O) groups excluding carboxylic acids is 1. The van der Waals surface area contributed by atoms with E-state index in [9.17, 15) is 20.1 Å². The van der Waals surface area contributed by atoms with Crippen LogP contribution in [-0.2, 0) is 4.79 Å². The molecule has 0 saturated heterocycles. The van der Waals surface area contributed by atoms with Crippen molar-refractivity contribution in [1.29, 1.82) is 0 Å². The molecule has 0 aliphatic heterocycles. The fourth-order valence-electron chi connectivity index (χ4n) is 9.75. The van der Waals surface area contributed by atoms with Crippen LogP contribution in [-0.4, -0.2) is 46.1 Å². The Balaban J connectivity index is 3.49. The highest BCUT2D eigenvalue weighted by atomic mass is 16.3. The molecule has 0 fully saturated rings. The van der Waals surface area contributed by atoms with Crippen LogP contribution in [0, 0.1) is 0 Å². The van der Waals surface area contributed by atoms with Crippen molar-refractivity contribution < 1.29 is 20.1 Å². The number of rotatable bonds is 56. The van der Waals surface area contributed by atoms with E-state index in [4.69, 9.17) is 0 Å². The molecular formula is C60H119NO4. The van der Waals surface area contributed by atoms with E-state index in [0.29, 0.717) is 12.8 Å². The van der Waals surface area contributed by atoms with E-state index in [1.54, 1.807) is 0 Å². The maximum Gasteiger partial charge on any atom is 0.220 e. The Morgan fingerprint density at radius 2 is 0.615 bits per heavy atom. The molecule has 1 amide bonds. The summed E-state index contributed by atoms with van der Waals surface area (Å²) in [5, 5.41) is 33.8. The molecule has 0 aromatic rings. The number of allylic oxidation sites excluding steroid dienone is 2. The largest absolute Gasteiger partial charge is 0.394 e. The fourth-order valence-corrected chi connectivity index (χ4v) is 9.75. The lowest BCUT2D eigenvalue weighted by Crippen LogP contribution is -2.50. The Bertz CT molecular complexity index is 925. The van der Waals surface area contributed by atoms with Crippen molar-refractivity contribution in [2.75, 3.05) is 6.61 Å². The summed E-state index contributed by atoms with van der Waals surface area (Å²) in [5.41, 5.74) is 0. The van der Waals surface area contributed by atoms with Crippen molar-refractivity contribution in [1.82, 2.24) is 5.32 Å². The van der Waals surface area contributed by atoms with E-state index < -0.39 is 18.2 Å². The number of carbonyl (C=O) groups is 1. The minimum atomic E-state index is -1.13. The SMILES string of the molecule is CCCCCCCCCCCCCC/C=C\CCCCCCCCCCCCCCCCC(=O)NC(CO)C(O)C(O)CCCCCCCCCCCCCCCCCCCCCCC. The van der Waals surface area contributed by atoms with Gasteiger partial charge in [-0.25, -0.2) is 0 Å². The van der Waals surface area contributed by atoms with E-state index in [2.05, 4.69) is 31.3 Å². The van der Waals surface area contributed by atoms with Crippen LogP contribution >= 0.6 is 0 Å². The predicted octanol–water partition coefficient (Wildman–Crippen LogP) is 18.7. The Kier molecular flexibility index (Phi) is 54.9. The molecule has 0 rings (SSSR count). The lowest BCUT2D eigenvalue weighted by Gasteiger charge is -2.26. The molecule has 0 saturated carbocycles. The summed E-state index contributed by atoms with van der Waals surface area (Å²) >= 11 is 0. The number of hydrogen-bond donors (Lipinski definition) is 4. The summed E-state index contributed by atoms with van der Waals surface area (Å²) < 4.78 is 0. The Hall–Kier alpha value is -0.910. The van der Waals surface area contributed by atoms with Crippen molar-refractivity contribution in [3.05, 3.63) is 12.2 Å². The lowest BCUT2D eigenvalue weighted by atomic mass is 9.99. The van der Waals surface area contributed by atoms with Crippen molar-refractivity contribution in [3.8, 4) is 0 Å². The van der Waals surface area contributed by atoms with E-state index >= 15 is 0 Å². The molecule has 0 bridgehead atoms. The molecule has 65 heavy (non-hydrogen) atoms.